The lowest BCUT2D eigenvalue weighted by Crippen LogP contribution is -2.57. The van der Waals surface area contributed by atoms with Gasteiger partial charge in [0.1, 0.15) is 5.75 Å². The van der Waals surface area contributed by atoms with Gasteiger partial charge in [-0.3, -0.25) is 9.80 Å². The number of fused-ring (bicyclic) bond motifs is 1. The van der Waals surface area contributed by atoms with E-state index in [0.717, 1.165) is 25.0 Å². The number of alkyl halides is 6. The summed E-state index contributed by atoms with van der Waals surface area (Å²) in [6.45, 7) is 7.00. The molecule has 0 amide bonds. The number of halogens is 6. The maximum absolute atomic E-state index is 13.6. The Kier molecular flexibility index (Phi) is 7.65. The van der Waals surface area contributed by atoms with Crippen LogP contribution in [0.5, 0.6) is 5.75 Å². The number of hydrogen-bond acceptors (Lipinski definition) is 3. The smallest absolute Gasteiger partial charge is 0.416 e. The zero-order chi connectivity index (χ0) is 28.7. The summed E-state index contributed by atoms with van der Waals surface area (Å²) in [6, 6.07) is 17.6. The van der Waals surface area contributed by atoms with Gasteiger partial charge >= 0.3 is 12.4 Å². The fourth-order valence-corrected chi connectivity index (χ4v) is 6.17. The van der Waals surface area contributed by atoms with Crippen molar-refractivity contribution in [3.63, 3.8) is 0 Å². The van der Waals surface area contributed by atoms with Crippen molar-refractivity contribution < 1.29 is 31.1 Å². The van der Waals surface area contributed by atoms with Gasteiger partial charge in [0.25, 0.3) is 0 Å². The molecule has 1 radical (unpaired) electrons. The zero-order valence-corrected chi connectivity index (χ0v) is 22.2. The minimum absolute atomic E-state index is 0.0864. The van der Waals surface area contributed by atoms with Gasteiger partial charge in [0.15, 0.2) is 0 Å². The lowest BCUT2D eigenvalue weighted by molar-refractivity contribution is -0.143. The molecule has 3 nitrogen and oxygen atoms in total. The van der Waals surface area contributed by atoms with Crippen LogP contribution in [0, 0.1) is 6.92 Å². The number of benzene rings is 3. The molecule has 3 aromatic carbocycles. The van der Waals surface area contributed by atoms with Gasteiger partial charge in [-0.25, -0.2) is 0 Å². The van der Waals surface area contributed by atoms with Crippen LogP contribution in [0.2, 0.25) is 0 Å². The van der Waals surface area contributed by atoms with Gasteiger partial charge in [-0.15, -0.1) is 0 Å². The first-order valence-electron chi connectivity index (χ1n) is 13.2. The Hall–Kier alpha value is -3.04. The molecular formula is C31H31F6N2O. The average Bonchev–Trinajstić information content (AvgIpc) is 3.36. The Balaban J connectivity index is 1.46. The third-order valence-electron chi connectivity index (χ3n) is 8.22. The second kappa shape index (κ2) is 10.7. The molecule has 0 aromatic heterocycles. The van der Waals surface area contributed by atoms with Crippen LogP contribution in [0.4, 0.5) is 26.3 Å². The van der Waals surface area contributed by atoms with E-state index in [9.17, 15) is 26.3 Å². The summed E-state index contributed by atoms with van der Waals surface area (Å²) >= 11 is 0. The van der Waals surface area contributed by atoms with Crippen molar-refractivity contribution in [1.29, 1.82) is 0 Å². The topological polar surface area (TPSA) is 15.7 Å². The van der Waals surface area contributed by atoms with Crippen LogP contribution < -0.4 is 4.74 Å². The molecule has 5 rings (SSSR count). The number of methoxy groups -OCH3 is 1. The van der Waals surface area contributed by atoms with Gasteiger partial charge in [0, 0.05) is 37.8 Å². The Labute approximate surface area is 230 Å². The number of piperazine rings is 1. The van der Waals surface area contributed by atoms with Crippen LogP contribution in [0.25, 0.3) is 0 Å². The van der Waals surface area contributed by atoms with E-state index in [0.29, 0.717) is 43.5 Å². The van der Waals surface area contributed by atoms with E-state index in [1.807, 2.05) is 12.1 Å². The van der Waals surface area contributed by atoms with Crippen molar-refractivity contribution in [3.8, 4) is 5.75 Å². The maximum atomic E-state index is 13.6. The van der Waals surface area contributed by atoms with Crippen molar-refractivity contribution in [1.82, 2.24) is 9.80 Å². The molecular weight excluding hydrogens is 530 g/mol. The van der Waals surface area contributed by atoms with Gasteiger partial charge in [-0.05, 0) is 67.1 Å². The third-order valence-corrected chi connectivity index (χ3v) is 8.22. The normalized spacial score (nSPS) is 18.9. The maximum Gasteiger partial charge on any atom is 0.416 e. The fourth-order valence-electron chi connectivity index (χ4n) is 6.17. The Bertz CT molecular complexity index is 1290. The summed E-state index contributed by atoms with van der Waals surface area (Å²) < 4.78 is 87.4. The molecule has 9 heteroatoms. The molecule has 1 aliphatic heterocycles. The minimum atomic E-state index is -4.92. The highest BCUT2D eigenvalue weighted by molar-refractivity contribution is 5.43. The Morgan fingerprint density at radius 3 is 1.82 bits per heavy atom. The molecule has 213 valence electrons. The van der Waals surface area contributed by atoms with Gasteiger partial charge in [-0.1, -0.05) is 42.5 Å². The summed E-state index contributed by atoms with van der Waals surface area (Å²) in [6.07, 6.45) is -8.08. The minimum Gasteiger partial charge on any atom is -0.496 e. The second-order valence-corrected chi connectivity index (χ2v) is 10.7. The van der Waals surface area contributed by atoms with Crippen molar-refractivity contribution in [3.05, 3.63) is 107 Å². The first-order chi connectivity index (χ1) is 18.9. The second-order valence-electron chi connectivity index (χ2n) is 10.7. The van der Waals surface area contributed by atoms with Crippen LogP contribution in [-0.2, 0) is 37.2 Å². The van der Waals surface area contributed by atoms with Crippen molar-refractivity contribution in [2.45, 2.75) is 43.2 Å². The van der Waals surface area contributed by atoms with Crippen LogP contribution in [0.3, 0.4) is 0 Å². The van der Waals surface area contributed by atoms with Gasteiger partial charge in [0.05, 0.1) is 23.8 Å². The molecule has 0 spiro atoms. The zero-order valence-electron chi connectivity index (χ0n) is 22.2. The van der Waals surface area contributed by atoms with Crippen LogP contribution >= 0.6 is 0 Å². The SMILES string of the molecule is [CH2]C(Cc1cc(C(F)(F)F)cc(C(F)(F)F)c1)(c1ccccc1OC)N1CCN(C2Cc3ccccc3C2)CC1. The third kappa shape index (κ3) is 5.72. The first kappa shape index (κ1) is 28.5. The first-order valence-corrected chi connectivity index (χ1v) is 13.2. The molecule has 40 heavy (non-hydrogen) atoms. The molecule has 1 aliphatic carbocycles. The highest BCUT2D eigenvalue weighted by Gasteiger charge is 2.42. The lowest BCUT2D eigenvalue weighted by Gasteiger charge is -2.48. The Morgan fingerprint density at radius 2 is 1.30 bits per heavy atom. The monoisotopic (exact) mass is 561 g/mol. The number of hydrogen-bond donors (Lipinski definition) is 0. The van der Waals surface area contributed by atoms with Gasteiger partial charge < -0.3 is 4.74 Å². The molecule has 0 N–H and O–H groups in total. The molecule has 2 aliphatic rings. The van der Waals surface area contributed by atoms with E-state index < -0.39 is 29.0 Å². The number of para-hydroxylation sites is 1. The van der Waals surface area contributed by atoms with E-state index in [1.54, 1.807) is 24.3 Å². The molecule has 0 saturated carbocycles. The quantitative estimate of drug-likeness (QED) is 0.308. The fraction of sp³-hybridized carbons (Fsp3) is 0.387. The summed E-state index contributed by atoms with van der Waals surface area (Å²) in [4.78, 5) is 4.49. The predicted molar refractivity (Wildman–Crippen MR) is 141 cm³/mol. The van der Waals surface area contributed by atoms with Crippen molar-refractivity contribution in [2.75, 3.05) is 33.3 Å². The highest BCUT2D eigenvalue weighted by Crippen LogP contribution is 2.41. The van der Waals surface area contributed by atoms with E-state index in [4.69, 9.17) is 4.74 Å². The highest BCUT2D eigenvalue weighted by atomic mass is 19.4. The van der Waals surface area contributed by atoms with Crippen LogP contribution in [0.15, 0.2) is 66.7 Å². The molecule has 1 atom stereocenters. The average molecular weight is 562 g/mol. The van der Waals surface area contributed by atoms with Crippen LogP contribution in [-0.4, -0.2) is 49.1 Å². The number of nitrogens with zero attached hydrogens (tertiary/aromatic N) is 2. The summed E-state index contributed by atoms with van der Waals surface area (Å²) in [5.74, 6) is 0.481. The number of rotatable bonds is 6. The summed E-state index contributed by atoms with van der Waals surface area (Å²) in [5.41, 5.74) is -0.594. The van der Waals surface area contributed by atoms with Crippen LogP contribution in [0.1, 0.15) is 33.4 Å². The van der Waals surface area contributed by atoms with Gasteiger partial charge in [-0.2, -0.15) is 26.3 Å². The standard InChI is InChI=1S/C31H31F6N2O/c1-29(27-9-5-6-10-28(27)40-2,20-21-15-24(30(32,33)34)19-25(16-21)31(35,36)37)39-13-11-38(12-14-39)26-17-22-7-3-4-8-23(22)18-26/h3-10,15-16,19,26H,1,11-14,17-18,20H2,2H3. The van der Waals surface area contributed by atoms with E-state index in [1.165, 1.54) is 18.2 Å². The van der Waals surface area contributed by atoms with Gasteiger partial charge in [0.2, 0.25) is 0 Å². The lowest BCUT2D eigenvalue weighted by atomic mass is 9.82. The van der Waals surface area contributed by atoms with Crippen molar-refractivity contribution >= 4 is 0 Å². The molecule has 1 fully saturated rings. The Morgan fingerprint density at radius 1 is 0.775 bits per heavy atom. The molecule has 1 unspecified atom stereocenters. The van der Waals surface area contributed by atoms with Crippen molar-refractivity contribution in [2.24, 2.45) is 0 Å². The summed E-state index contributed by atoms with van der Waals surface area (Å²) in [7, 11) is 1.49. The molecule has 1 heterocycles. The van der Waals surface area contributed by atoms with E-state index in [-0.39, 0.29) is 18.1 Å². The number of ether oxygens (including phenoxy) is 1. The summed E-state index contributed by atoms with van der Waals surface area (Å²) in [5, 5.41) is 0. The molecule has 0 bridgehead atoms. The van der Waals surface area contributed by atoms with E-state index in [2.05, 4.69) is 28.9 Å². The largest absolute Gasteiger partial charge is 0.496 e. The molecule has 1 saturated heterocycles. The molecule has 3 aromatic rings. The van der Waals surface area contributed by atoms with E-state index >= 15 is 0 Å². The predicted octanol–water partition coefficient (Wildman–Crippen LogP) is 6.79.